The first-order chi connectivity index (χ1) is 9.54. The lowest BCUT2D eigenvalue weighted by Crippen LogP contribution is -2.26. The van der Waals surface area contributed by atoms with Gasteiger partial charge in [0, 0.05) is 43.0 Å². The molecule has 4 nitrogen and oxygen atoms in total. The van der Waals surface area contributed by atoms with E-state index in [0.717, 1.165) is 43.1 Å². The highest BCUT2D eigenvalue weighted by Gasteiger charge is 2.10. The van der Waals surface area contributed by atoms with Crippen molar-refractivity contribution in [3.05, 3.63) is 22.3 Å². The highest BCUT2D eigenvalue weighted by atomic mass is 79.9. The highest BCUT2D eigenvalue weighted by Crippen LogP contribution is 2.20. The Morgan fingerprint density at radius 2 is 2.20 bits per heavy atom. The van der Waals surface area contributed by atoms with E-state index in [1.54, 1.807) is 0 Å². The molecule has 0 radical (unpaired) electrons. The number of pyridine rings is 1. The Bertz CT molecular complexity index is 399. The zero-order valence-corrected chi connectivity index (χ0v) is 14.5. The Kier molecular flexibility index (Phi) is 8.11. The number of anilines is 1. The Morgan fingerprint density at radius 3 is 2.85 bits per heavy atom. The summed E-state index contributed by atoms with van der Waals surface area (Å²) in [5.74, 6) is 1.67. The van der Waals surface area contributed by atoms with Gasteiger partial charge in [-0.2, -0.15) is 0 Å². The van der Waals surface area contributed by atoms with Crippen LogP contribution in [-0.4, -0.2) is 38.3 Å². The summed E-state index contributed by atoms with van der Waals surface area (Å²) in [6.45, 7) is 10.6. The second-order valence-corrected chi connectivity index (χ2v) is 6.20. The maximum atomic E-state index is 5.41. The molecule has 0 saturated carbocycles. The predicted molar refractivity (Wildman–Crippen MR) is 88.2 cm³/mol. The molecule has 0 saturated heterocycles. The molecule has 1 aromatic rings. The molecule has 0 amide bonds. The van der Waals surface area contributed by atoms with Crippen LogP contribution in [0.4, 0.5) is 5.82 Å². The van der Waals surface area contributed by atoms with Crippen molar-refractivity contribution in [1.82, 2.24) is 10.3 Å². The Balaban J connectivity index is 2.68. The fourth-order valence-corrected chi connectivity index (χ4v) is 2.27. The van der Waals surface area contributed by atoms with Crippen molar-refractivity contribution in [2.45, 2.75) is 27.3 Å². The number of rotatable bonds is 9. The smallest absolute Gasteiger partial charge is 0.132 e. The van der Waals surface area contributed by atoms with E-state index < -0.39 is 0 Å². The van der Waals surface area contributed by atoms with Crippen LogP contribution in [0.25, 0.3) is 0 Å². The molecule has 0 aliphatic rings. The molecule has 0 atom stereocenters. The van der Waals surface area contributed by atoms with Crippen molar-refractivity contribution in [3.8, 4) is 0 Å². The molecule has 1 N–H and O–H groups in total. The molecular weight excluding hydrogens is 318 g/mol. The molecule has 114 valence electrons. The number of halogens is 1. The summed E-state index contributed by atoms with van der Waals surface area (Å²) in [4.78, 5) is 6.69. The van der Waals surface area contributed by atoms with Crippen LogP contribution in [0.5, 0.6) is 0 Å². The van der Waals surface area contributed by atoms with Gasteiger partial charge in [-0.3, -0.25) is 0 Å². The lowest BCUT2D eigenvalue weighted by molar-refractivity contribution is 0.154. The molecule has 0 fully saturated rings. The summed E-state index contributed by atoms with van der Waals surface area (Å²) < 4.78 is 6.42. The van der Waals surface area contributed by atoms with Gasteiger partial charge < -0.3 is 15.0 Å². The van der Waals surface area contributed by atoms with Crippen molar-refractivity contribution < 1.29 is 4.74 Å². The largest absolute Gasteiger partial charge is 0.380 e. The third-order valence-electron chi connectivity index (χ3n) is 2.91. The van der Waals surface area contributed by atoms with Gasteiger partial charge in [0.15, 0.2) is 0 Å². The molecule has 1 rings (SSSR count). The van der Waals surface area contributed by atoms with Gasteiger partial charge in [-0.1, -0.05) is 13.8 Å². The van der Waals surface area contributed by atoms with Crippen LogP contribution >= 0.6 is 15.9 Å². The Morgan fingerprint density at radius 1 is 1.45 bits per heavy atom. The topological polar surface area (TPSA) is 37.4 Å². The van der Waals surface area contributed by atoms with Crippen LogP contribution in [0.3, 0.4) is 0 Å². The van der Waals surface area contributed by atoms with E-state index in [9.17, 15) is 0 Å². The first kappa shape index (κ1) is 17.4. The molecule has 0 bridgehead atoms. The van der Waals surface area contributed by atoms with Gasteiger partial charge in [0.2, 0.25) is 0 Å². The van der Waals surface area contributed by atoms with Crippen molar-refractivity contribution in [1.29, 1.82) is 0 Å². The Hall–Kier alpha value is -0.650. The number of hydrogen-bond acceptors (Lipinski definition) is 4. The fourth-order valence-electron chi connectivity index (χ4n) is 1.90. The lowest BCUT2D eigenvalue weighted by atomic mass is 10.2. The second-order valence-electron chi connectivity index (χ2n) is 5.28. The second kappa shape index (κ2) is 9.32. The number of aromatic nitrogens is 1. The van der Waals surface area contributed by atoms with Gasteiger partial charge in [0.05, 0.1) is 6.61 Å². The van der Waals surface area contributed by atoms with E-state index >= 15 is 0 Å². The van der Waals surface area contributed by atoms with Gasteiger partial charge in [-0.15, -0.1) is 0 Å². The highest BCUT2D eigenvalue weighted by molar-refractivity contribution is 9.10. The molecule has 0 aromatic carbocycles. The molecular formula is C15H26BrN3O. The number of likely N-dealkylation sites (N-methyl/N-ethyl adjacent to an activating group) is 1. The average Bonchev–Trinajstić information content (AvgIpc) is 2.38. The van der Waals surface area contributed by atoms with Gasteiger partial charge in [-0.25, -0.2) is 4.98 Å². The van der Waals surface area contributed by atoms with E-state index in [-0.39, 0.29) is 0 Å². The summed E-state index contributed by atoms with van der Waals surface area (Å²) in [5, 5.41) is 3.47. The van der Waals surface area contributed by atoms with Crippen molar-refractivity contribution in [3.63, 3.8) is 0 Å². The monoisotopic (exact) mass is 343 g/mol. The third-order valence-corrected chi connectivity index (χ3v) is 3.35. The minimum Gasteiger partial charge on any atom is -0.380 e. The lowest BCUT2D eigenvalue weighted by Gasteiger charge is -2.21. The fraction of sp³-hybridized carbons (Fsp3) is 0.667. The Labute approximate surface area is 131 Å². The number of ether oxygens (including phenoxy) is 1. The summed E-state index contributed by atoms with van der Waals surface area (Å²) in [6, 6.07) is 2.13. The molecule has 1 heterocycles. The van der Waals surface area contributed by atoms with E-state index in [1.807, 2.05) is 13.1 Å². The van der Waals surface area contributed by atoms with Gasteiger partial charge >= 0.3 is 0 Å². The van der Waals surface area contributed by atoms with Crippen molar-refractivity contribution in [2.24, 2.45) is 5.92 Å². The average molecular weight is 344 g/mol. The van der Waals surface area contributed by atoms with Crippen LogP contribution < -0.4 is 10.2 Å². The van der Waals surface area contributed by atoms with Crippen LogP contribution in [0.1, 0.15) is 26.3 Å². The van der Waals surface area contributed by atoms with Crippen LogP contribution in [0.15, 0.2) is 16.7 Å². The molecule has 0 spiro atoms. The minimum atomic E-state index is 0.647. The van der Waals surface area contributed by atoms with E-state index in [1.165, 1.54) is 5.56 Å². The van der Waals surface area contributed by atoms with E-state index in [4.69, 9.17) is 4.74 Å². The van der Waals surface area contributed by atoms with E-state index in [2.05, 4.69) is 58.1 Å². The molecule has 1 aromatic heterocycles. The van der Waals surface area contributed by atoms with Crippen molar-refractivity contribution in [2.75, 3.05) is 38.3 Å². The maximum absolute atomic E-state index is 5.41. The van der Waals surface area contributed by atoms with Crippen LogP contribution in [-0.2, 0) is 11.3 Å². The first-order valence-electron chi connectivity index (χ1n) is 7.18. The molecule has 20 heavy (non-hydrogen) atoms. The van der Waals surface area contributed by atoms with Crippen LogP contribution in [0, 0.1) is 5.92 Å². The minimum absolute atomic E-state index is 0.647. The number of nitrogens with zero attached hydrogens (tertiary/aromatic N) is 2. The standard InChI is InChI=1S/C15H26BrN3O/c1-5-20-7-6-19(4)15-13(8-14(16)11-18-15)10-17-9-12(2)3/h8,11-12,17H,5-7,9-10H2,1-4H3. The molecule has 0 aliphatic carbocycles. The maximum Gasteiger partial charge on any atom is 0.132 e. The van der Waals surface area contributed by atoms with Gasteiger partial charge in [0.1, 0.15) is 5.82 Å². The first-order valence-corrected chi connectivity index (χ1v) is 7.97. The third kappa shape index (κ3) is 6.20. The summed E-state index contributed by atoms with van der Waals surface area (Å²) in [7, 11) is 2.06. The van der Waals surface area contributed by atoms with E-state index in [0.29, 0.717) is 5.92 Å². The number of hydrogen-bond donors (Lipinski definition) is 1. The molecule has 0 unspecified atom stereocenters. The number of nitrogens with one attached hydrogen (secondary N) is 1. The van der Waals surface area contributed by atoms with Crippen molar-refractivity contribution >= 4 is 21.7 Å². The summed E-state index contributed by atoms with van der Waals surface area (Å²) in [5.41, 5.74) is 1.21. The zero-order chi connectivity index (χ0) is 15.0. The SMILES string of the molecule is CCOCCN(C)c1ncc(Br)cc1CNCC(C)C. The van der Waals surface area contributed by atoms with Gasteiger partial charge in [-0.05, 0) is 41.4 Å². The van der Waals surface area contributed by atoms with Gasteiger partial charge in [0.25, 0.3) is 0 Å². The quantitative estimate of drug-likeness (QED) is 0.699. The predicted octanol–water partition coefficient (Wildman–Crippen LogP) is 3.06. The molecule has 5 heteroatoms. The zero-order valence-electron chi connectivity index (χ0n) is 12.9. The van der Waals surface area contributed by atoms with Crippen LogP contribution in [0.2, 0.25) is 0 Å². The molecule has 0 aliphatic heterocycles. The normalized spacial score (nSPS) is 11.1. The summed E-state index contributed by atoms with van der Waals surface area (Å²) >= 11 is 3.50. The summed E-state index contributed by atoms with van der Waals surface area (Å²) in [6.07, 6.45) is 1.85.